The lowest BCUT2D eigenvalue weighted by molar-refractivity contribution is -0.117. The SMILES string of the molecule is O=C1CC(S)CN1c1c(F)c(F)cc(F)c1F. The van der Waals surface area contributed by atoms with E-state index in [9.17, 15) is 22.4 Å². The van der Waals surface area contributed by atoms with Crippen LogP contribution in [0.2, 0.25) is 0 Å². The Labute approximate surface area is 99.6 Å². The minimum atomic E-state index is -1.57. The van der Waals surface area contributed by atoms with Gasteiger partial charge < -0.3 is 4.90 Å². The van der Waals surface area contributed by atoms with Crippen molar-refractivity contribution >= 4 is 24.2 Å². The maximum atomic E-state index is 13.4. The minimum Gasteiger partial charge on any atom is -0.306 e. The normalized spacial score (nSPS) is 20.2. The van der Waals surface area contributed by atoms with Gasteiger partial charge in [0.1, 0.15) is 5.69 Å². The van der Waals surface area contributed by atoms with Crippen molar-refractivity contribution in [2.24, 2.45) is 0 Å². The Balaban J connectivity index is 2.55. The van der Waals surface area contributed by atoms with E-state index in [0.717, 1.165) is 0 Å². The van der Waals surface area contributed by atoms with Crippen LogP contribution in [0.15, 0.2) is 6.07 Å². The van der Waals surface area contributed by atoms with Gasteiger partial charge in [-0.3, -0.25) is 4.79 Å². The fourth-order valence-corrected chi connectivity index (χ4v) is 2.02. The number of hydrogen-bond donors (Lipinski definition) is 1. The van der Waals surface area contributed by atoms with Gasteiger partial charge in [-0.25, -0.2) is 17.6 Å². The van der Waals surface area contributed by atoms with Gasteiger partial charge >= 0.3 is 0 Å². The Kier molecular flexibility index (Phi) is 3.03. The summed E-state index contributed by atoms with van der Waals surface area (Å²) in [6, 6.07) is 0.104. The van der Waals surface area contributed by atoms with Crippen molar-refractivity contribution in [3.63, 3.8) is 0 Å². The number of rotatable bonds is 1. The zero-order valence-corrected chi connectivity index (χ0v) is 9.28. The van der Waals surface area contributed by atoms with Crippen molar-refractivity contribution in [1.29, 1.82) is 0 Å². The van der Waals surface area contributed by atoms with Crippen molar-refractivity contribution in [3.8, 4) is 0 Å². The molecule has 1 aliphatic heterocycles. The third kappa shape index (κ3) is 1.99. The molecular formula is C10H7F4NOS. The fourth-order valence-electron chi connectivity index (χ4n) is 1.70. The van der Waals surface area contributed by atoms with E-state index in [1.807, 2.05) is 0 Å². The first-order chi connectivity index (χ1) is 7.91. The van der Waals surface area contributed by atoms with E-state index < -0.39 is 40.1 Å². The summed E-state index contributed by atoms with van der Waals surface area (Å²) < 4.78 is 52.7. The van der Waals surface area contributed by atoms with Crippen LogP contribution in [0.4, 0.5) is 23.2 Å². The molecule has 0 N–H and O–H groups in total. The first-order valence-corrected chi connectivity index (χ1v) is 5.25. The smallest absolute Gasteiger partial charge is 0.228 e. The second kappa shape index (κ2) is 4.21. The van der Waals surface area contributed by atoms with E-state index in [4.69, 9.17) is 0 Å². The average Bonchev–Trinajstić information content (AvgIpc) is 2.56. The van der Waals surface area contributed by atoms with Crippen LogP contribution in [0.3, 0.4) is 0 Å². The van der Waals surface area contributed by atoms with Crippen LogP contribution in [-0.2, 0) is 4.79 Å². The molecule has 0 saturated carbocycles. The molecule has 92 valence electrons. The second-order valence-corrected chi connectivity index (χ2v) is 4.41. The molecule has 0 aliphatic carbocycles. The van der Waals surface area contributed by atoms with Crippen LogP contribution in [0, 0.1) is 23.3 Å². The van der Waals surface area contributed by atoms with Gasteiger partial charge in [0, 0.05) is 24.3 Å². The predicted molar refractivity (Wildman–Crippen MR) is 56.0 cm³/mol. The molecule has 2 rings (SSSR count). The highest BCUT2D eigenvalue weighted by molar-refractivity contribution is 7.81. The van der Waals surface area contributed by atoms with E-state index in [1.54, 1.807) is 0 Å². The Bertz CT molecular complexity index is 467. The maximum Gasteiger partial charge on any atom is 0.228 e. The summed E-state index contributed by atoms with van der Waals surface area (Å²) >= 11 is 3.99. The summed E-state index contributed by atoms with van der Waals surface area (Å²) in [5.41, 5.74) is -0.982. The van der Waals surface area contributed by atoms with Gasteiger partial charge in [0.2, 0.25) is 5.91 Å². The largest absolute Gasteiger partial charge is 0.306 e. The molecule has 0 bridgehead atoms. The number of halogens is 4. The molecule has 1 atom stereocenters. The lowest BCUT2D eigenvalue weighted by Gasteiger charge is -2.18. The first kappa shape index (κ1) is 12.2. The van der Waals surface area contributed by atoms with Crippen LogP contribution >= 0.6 is 12.6 Å². The summed E-state index contributed by atoms with van der Waals surface area (Å²) in [5, 5.41) is -0.410. The summed E-state index contributed by atoms with van der Waals surface area (Å²) in [7, 11) is 0. The number of carbonyl (C=O) groups excluding carboxylic acids is 1. The van der Waals surface area contributed by atoms with Crippen LogP contribution in [0.1, 0.15) is 6.42 Å². The van der Waals surface area contributed by atoms with Gasteiger partial charge in [0.25, 0.3) is 0 Å². The summed E-state index contributed by atoms with van der Waals surface area (Å²) in [6.07, 6.45) is -0.0277. The van der Waals surface area contributed by atoms with Crippen molar-refractivity contribution < 1.29 is 22.4 Å². The third-order valence-electron chi connectivity index (χ3n) is 2.46. The third-order valence-corrected chi connectivity index (χ3v) is 2.81. The first-order valence-electron chi connectivity index (χ1n) is 4.73. The molecule has 2 nitrogen and oxygen atoms in total. The Hall–Kier alpha value is -1.24. The monoisotopic (exact) mass is 265 g/mol. The fraction of sp³-hybridized carbons (Fsp3) is 0.300. The molecule has 1 fully saturated rings. The lowest BCUT2D eigenvalue weighted by Crippen LogP contribution is -2.27. The molecule has 1 amide bonds. The molecular weight excluding hydrogens is 258 g/mol. The maximum absolute atomic E-state index is 13.4. The summed E-state index contributed by atoms with van der Waals surface area (Å²) in [6.45, 7) is -0.0846. The number of anilines is 1. The molecule has 0 spiro atoms. The Morgan fingerprint density at radius 2 is 1.71 bits per heavy atom. The molecule has 1 saturated heterocycles. The summed E-state index contributed by atoms with van der Waals surface area (Å²) in [4.78, 5) is 12.1. The van der Waals surface area contributed by atoms with Crippen LogP contribution < -0.4 is 4.90 Å². The molecule has 7 heteroatoms. The topological polar surface area (TPSA) is 20.3 Å². The number of hydrogen-bond acceptors (Lipinski definition) is 2. The Morgan fingerprint density at radius 1 is 1.18 bits per heavy atom. The van der Waals surface area contributed by atoms with Crippen molar-refractivity contribution in [2.45, 2.75) is 11.7 Å². The van der Waals surface area contributed by atoms with Crippen molar-refractivity contribution in [2.75, 3.05) is 11.4 Å². The van der Waals surface area contributed by atoms with E-state index in [1.165, 1.54) is 0 Å². The minimum absolute atomic E-state index is 0.0277. The number of amides is 1. The van der Waals surface area contributed by atoms with E-state index in [-0.39, 0.29) is 19.0 Å². The lowest BCUT2D eigenvalue weighted by atomic mass is 10.2. The zero-order valence-electron chi connectivity index (χ0n) is 8.38. The predicted octanol–water partition coefficient (Wildman–Crippen LogP) is 2.28. The highest BCUT2D eigenvalue weighted by Gasteiger charge is 2.34. The number of thiol groups is 1. The van der Waals surface area contributed by atoms with Crippen molar-refractivity contribution in [1.82, 2.24) is 0 Å². The number of benzene rings is 1. The molecule has 0 aromatic heterocycles. The van der Waals surface area contributed by atoms with E-state index in [0.29, 0.717) is 4.90 Å². The highest BCUT2D eigenvalue weighted by atomic mass is 32.1. The molecule has 1 aromatic carbocycles. The van der Waals surface area contributed by atoms with Gasteiger partial charge in [-0.1, -0.05) is 0 Å². The van der Waals surface area contributed by atoms with Crippen LogP contribution in [0.5, 0.6) is 0 Å². The number of carbonyl (C=O) groups is 1. The van der Waals surface area contributed by atoms with Gasteiger partial charge in [0.15, 0.2) is 23.3 Å². The molecule has 0 radical (unpaired) electrons. The van der Waals surface area contributed by atoms with E-state index >= 15 is 0 Å². The van der Waals surface area contributed by atoms with Gasteiger partial charge in [-0.2, -0.15) is 12.6 Å². The standard InChI is InChI=1S/C10H7F4NOS/c11-5-2-6(12)9(14)10(8(5)13)15-3-4(17)1-7(15)16/h2,4,17H,1,3H2. The van der Waals surface area contributed by atoms with Crippen LogP contribution in [0.25, 0.3) is 0 Å². The zero-order chi connectivity index (χ0) is 12.7. The van der Waals surface area contributed by atoms with Gasteiger partial charge in [-0.05, 0) is 0 Å². The molecule has 17 heavy (non-hydrogen) atoms. The quantitative estimate of drug-likeness (QED) is 0.469. The molecule has 1 heterocycles. The second-order valence-electron chi connectivity index (χ2n) is 3.68. The molecule has 1 unspecified atom stereocenters. The van der Waals surface area contributed by atoms with Crippen LogP contribution in [-0.4, -0.2) is 17.7 Å². The Morgan fingerprint density at radius 3 is 2.12 bits per heavy atom. The van der Waals surface area contributed by atoms with E-state index in [2.05, 4.69) is 12.6 Å². The number of nitrogens with zero attached hydrogens (tertiary/aromatic N) is 1. The average molecular weight is 265 g/mol. The molecule has 1 aliphatic rings. The van der Waals surface area contributed by atoms with Gasteiger partial charge in [-0.15, -0.1) is 0 Å². The van der Waals surface area contributed by atoms with Gasteiger partial charge in [0.05, 0.1) is 0 Å². The van der Waals surface area contributed by atoms with Crippen molar-refractivity contribution in [3.05, 3.63) is 29.3 Å². The highest BCUT2D eigenvalue weighted by Crippen LogP contribution is 2.31. The summed E-state index contributed by atoms with van der Waals surface area (Å²) in [5.74, 6) is -6.82. The molecule has 1 aromatic rings.